The van der Waals surface area contributed by atoms with Crippen molar-refractivity contribution in [3.05, 3.63) is 58.1 Å². The van der Waals surface area contributed by atoms with E-state index in [2.05, 4.69) is 15.6 Å². The van der Waals surface area contributed by atoms with Crippen molar-refractivity contribution in [1.82, 2.24) is 19.4 Å². The van der Waals surface area contributed by atoms with E-state index in [1.807, 2.05) is 47.6 Å². The fourth-order valence-corrected chi connectivity index (χ4v) is 3.12. The number of Topliss-reactive ketones (excluding diaryl/α,β-unsaturated/α-hetero) is 1. The monoisotopic (exact) mass is 367 g/mol. The normalized spacial score (nSPS) is 11.1. The Morgan fingerprint density at radius 2 is 2.11 bits per heavy atom. The number of nitrogens with one attached hydrogen (secondary N) is 2. The first kappa shape index (κ1) is 18.8. The lowest BCUT2D eigenvalue weighted by atomic mass is 10.1. The quantitative estimate of drug-likeness (QED) is 0.471. The molecule has 27 heavy (non-hydrogen) atoms. The molecule has 7 nitrogen and oxygen atoms in total. The minimum atomic E-state index is -0.204. The lowest BCUT2D eigenvalue weighted by Crippen LogP contribution is -2.19. The molecule has 3 aromatic rings. The molecule has 2 heterocycles. The molecule has 2 aromatic heterocycles. The van der Waals surface area contributed by atoms with Gasteiger partial charge in [0.25, 0.3) is 0 Å². The highest BCUT2D eigenvalue weighted by atomic mass is 16.1. The molecule has 3 rings (SSSR count). The van der Waals surface area contributed by atoms with Crippen LogP contribution < -0.4 is 16.1 Å². The summed E-state index contributed by atoms with van der Waals surface area (Å²) in [5.74, 6) is 0.582. The fraction of sp³-hybridized carbons (Fsp3) is 0.350. The molecule has 0 aliphatic carbocycles. The molecule has 7 heteroatoms. The Morgan fingerprint density at radius 3 is 2.78 bits per heavy atom. The highest BCUT2D eigenvalue weighted by Crippen LogP contribution is 2.17. The summed E-state index contributed by atoms with van der Waals surface area (Å²) in [6.45, 7) is 3.63. The van der Waals surface area contributed by atoms with Crippen LogP contribution in [0.2, 0.25) is 0 Å². The summed E-state index contributed by atoms with van der Waals surface area (Å²) in [4.78, 5) is 28.8. The second-order valence-corrected chi connectivity index (χ2v) is 6.65. The van der Waals surface area contributed by atoms with Crippen molar-refractivity contribution in [3.8, 4) is 0 Å². The Hall–Kier alpha value is -2.93. The number of fused-ring (bicyclic) bond motifs is 1. The summed E-state index contributed by atoms with van der Waals surface area (Å²) in [6.07, 6.45) is 6.22. The molecule has 0 fully saturated rings. The number of anilines is 1. The Morgan fingerprint density at radius 1 is 1.30 bits per heavy atom. The maximum Gasteiger partial charge on any atom is 0.202 e. The maximum atomic E-state index is 12.7. The standard InChI is InChI=1S/C20H25N5O2/c1-14(26)17-13-25(9-4-7-21-2)18-11-15(5-6-16(18)19(17)27)12-23-20-22-8-10-24(20)3/h5-6,8,10-11,13,21H,4,7,9,12H2,1-3H3,(H,22,23). The Labute approximate surface area is 158 Å². The summed E-state index contributed by atoms with van der Waals surface area (Å²) in [5, 5.41) is 6.99. The third-order valence-electron chi connectivity index (χ3n) is 4.62. The van der Waals surface area contributed by atoms with Gasteiger partial charge in [0.1, 0.15) is 0 Å². The summed E-state index contributed by atoms with van der Waals surface area (Å²) >= 11 is 0. The number of carbonyl (C=O) groups excluding carboxylic acids is 1. The van der Waals surface area contributed by atoms with Crippen molar-refractivity contribution >= 4 is 22.6 Å². The van der Waals surface area contributed by atoms with Crippen LogP contribution in [0.25, 0.3) is 10.9 Å². The predicted octanol–water partition coefficient (Wildman–Crippen LogP) is 2.16. The second kappa shape index (κ2) is 8.18. The van der Waals surface area contributed by atoms with E-state index in [1.54, 1.807) is 12.4 Å². The van der Waals surface area contributed by atoms with E-state index in [0.717, 1.165) is 36.5 Å². The third kappa shape index (κ3) is 4.09. The van der Waals surface area contributed by atoms with Crippen LogP contribution in [-0.4, -0.2) is 33.5 Å². The van der Waals surface area contributed by atoms with Crippen molar-refractivity contribution in [3.63, 3.8) is 0 Å². The van der Waals surface area contributed by atoms with Gasteiger partial charge in [0.2, 0.25) is 5.95 Å². The third-order valence-corrected chi connectivity index (χ3v) is 4.62. The molecule has 0 amide bonds. The molecule has 0 aliphatic rings. The zero-order chi connectivity index (χ0) is 19.4. The van der Waals surface area contributed by atoms with Crippen molar-refractivity contribution < 1.29 is 4.79 Å². The number of aryl methyl sites for hydroxylation is 2. The number of ketones is 1. The summed E-state index contributed by atoms with van der Waals surface area (Å²) in [5.41, 5.74) is 1.93. The highest BCUT2D eigenvalue weighted by molar-refractivity contribution is 5.97. The topological polar surface area (TPSA) is 81.0 Å². The molecular weight excluding hydrogens is 342 g/mol. The van der Waals surface area contributed by atoms with Crippen molar-refractivity contribution in [2.45, 2.75) is 26.4 Å². The minimum absolute atomic E-state index is 0.203. The van der Waals surface area contributed by atoms with Gasteiger partial charge in [0.05, 0.1) is 11.1 Å². The van der Waals surface area contributed by atoms with E-state index in [4.69, 9.17) is 0 Å². The van der Waals surface area contributed by atoms with Gasteiger partial charge in [-0.05, 0) is 44.6 Å². The average molecular weight is 367 g/mol. The van der Waals surface area contributed by atoms with Crippen molar-refractivity contribution in [1.29, 1.82) is 0 Å². The van der Waals surface area contributed by atoms with E-state index in [1.165, 1.54) is 6.92 Å². The zero-order valence-electron chi connectivity index (χ0n) is 16.0. The highest BCUT2D eigenvalue weighted by Gasteiger charge is 2.13. The second-order valence-electron chi connectivity index (χ2n) is 6.65. The van der Waals surface area contributed by atoms with Gasteiger partial charge in [-0.25, -0.2) is 4.98 Å². The Balaban J connectivity index is 1.98. The van der Waals surface area contributed by atoms with Crippen LogP contribution in [0.3, 0.4) is 0 Å². The first-order valence-electron chi connectivity index (χ1n) is 9.04. The fourth-order valence-electron chi connectivity index (χ4n) is 3.12. The van der Waals surface area contributed by atoms with Crippen LogP contribution >= 0.6 is 0 Å². The number of hydrogen-bond donors (Lipinski definition) is 2. The molecule has 0 spiro atoms. The van der Waals surface area contributed by atoms with Crippen LogP contribution in [0.5, 0.6) is 0 Å². The number of imidazole rings is 1. The van der Waals surface area contributed by atoms with Crippen LogP contribution in [0.4, 0.5) is 5.95 Å². The molecule has 0 radical (unpaired) electrons. The molecule has 142 valence electrons. The van der Waals surface area contributed by atoms with Gasteiger partial charge in [-0.15, -0.1) is 0 Å². The molecule has 0 saturated carbocycles. The van der Waals surface area contributed by atoms with Crippen molar-refractivity contribution in [2.75, 3.05) is 18.9 Å². The van der Waals surface area contributed by atoms with Gasteiger partial charge in [0, 0.05) is 44.1 Å². The average Bonchev–Trinajstić information content (AvgIpc) is 3.06. The lowest BCUT2D eigenvalue weighted by Gasteiger charge is -2.14. The molecule has 2 N–H and O–H groups in total. The van der Waals surface area contributed by atoms with E-state index in [0.29, 0.717) is 11.9 Å². The Bertz CT molecular complexity index is 1020. The van der Waals surface area contributed by atoms with Crippen LogP contribution in [0, 0.1) is 0 Å². The number of benzene rings is 1. The molecule has 0 atom stereocenters. The van der Waals surface area contributed by atoms with Crippen LogP contribution in [-0.2, 0) is 20.1 Å². The summed E-state index contributed by atoms with van der Waals surface area (Å²) in [7, 11) is 3.84. The molecule has 0 unspecified atom stereocenters. The van der Waals surface area contributed by atoms with Crippen molar-refractivity contribution in [2.24, 2.45) is 7.05 Å². The maximum absolute atomic E-state index is 12.7. The van der Waals surface area contributed by atoms with Gasteiger partial charge >= 0.3 is 0 Å². The predicted molar refractivity (Wildman–Crippen MR) is 107 cm³/mol. The summed E-state index contributed by atoms with van der Waals surface area (Å²) in [6, 6.07) is 5.74. The van der Waals surface area contributed by atoms with E-state index in [-0.39, 0.29) is 16.8 Å². The summed E-state index contributed by atoms with van der Waals surface area (Å²) < 4.78 is 3.92. The first-order chi connectivity index (χ1) is 13.0. The van der Waals surface area contributed by atoms with Gasteiger partial charge in [0.15, 0.2) is 11.2 Å². The first-order valence-corrected chi connectivity index (χ1v) is 9.04. The number of carbonyl (C=O) groups is 1. The molecule has 0 saturated heterocycles. The van der Waals surface area contributed by atoms with E-state index in [9.17, 15) is 9.59 Å². The minimum Gasteiger partial charge on any atom is -0.352 e. The van der Waals surface area contributed by atoms with Gasteiger partial charge in [-0.2, -0.15) is 0 Å². The Kier molecular flexibility index (Phi) is 5.71. The van der Waals surface area contributed by atoms with E-state index >= 15 is 0 Å². The lowest BCUT2D eigenvalue weighted by molar-refractivity contribution is 0.101. The number of hydrogen-bond acceptors (Lipinski definition) is 5. The molecule has 0 aliphatic heterocycles. The molecular formula is C20H25N5O2. The van der Waals surface area contributed by atoms with Crippen LogP contribution in [0.1, 0.15) is 29.3 Å². The smallest absolute Gasteiger partial charge is 0.202 e. The number of pyridine rings is 1. The van der Waals surface area contributed by atoms with Gasteiger partial charge in [-0.1, -0.05) is 6.07 Å². The van der Waals surface area contributed by atoms with E-state index < -0.39 is 0 Å². The van der Waals surface area contributed by atoms with Gasteiger partial charge in [-0.3, -0.25) is 9.59 Å². The molecule has 0 bridgehead atoms. The molecule has 1 aromatic carbocycles. The SMILES string of the molecule is CNCCCn1cc(C(C)=O)c(=O)c2ccc(CNc3nccn3C)cc21. The number of rotatable bonds is 8. The van der Waals surface area contributed by atoms with Crippen LogP contribution in [0.15, 0.2) is 41.6 Å². The number of nitrogens with zero attached hydrogens (tertiary/aromatic N) is 3. The zero-order valence-corrected chi connectivity index (χ0v) is 16.0. The number of aromatic nitrogens is 3. The van der Waals surface area contributed by atoms with Gasteiger partial charge < -0.3 is 19.8 Å². The largest absolute Gasteiger partial charge is 0.352 e.